The van der Waals surface area contributed by atoms with Crippen molar-refractivity contribution in [1.82, 2.24) is 5.16 Å². The van der Waals surface area contributed by atoms with Crippen LogP contribution in [0, 0.1) is 6.92 Å². The highest BCUT2D eigenvalue weighted by atomic mass is 35.5. The molecular formula is C23H19ClN2O2. The minimum Gasteiger partial charge on any atom is -0.338 e. The van der Waals surface area contributed by atoms with Gasteiger partial charge in [-0.2, -0.15) is 0 Å². The van der Waals surface area contributed by atoms with Gasteiger partial charge in [0.1, 0.15) is 0 Å². The number of aryl methyl sites for hydroxylation is 1. The fraction of sp³-hybridized carbons (Fsp3) is 0.217. The summed E-state index contributed by atoms with van der Waals surface area (Å²) in [7, 11) is 0. The lowest BCUT2D eigenvalue weighted by atomic mass is 9.72. The Morgan fingerprint density at radius 2 is 1.79 bits per heavy atom. The van der Waals surface area contributed by atoms with Crippen molar-refractivity contribution in [3.05, 3.63) is 93.3 Å². The van der Waals surface area contributed by atoms with Crippen molar-refractivity contribution in [3.63, 3.8) is 0 Å². The lowest BCUT2D eigenvalue weighted by Gasteiger charge is -2.34. The predicted molar refractivity (Wildman–Crippen MR) is 109 cm³/mol. The highest BCUT2D eigenvalue weighted by Crippen LogP contribution is 2.48. The molecule has 2 heterocycles. The van der Waals surface area contributed by atoms with Crippen LogP contribution in [0.2, 0.25) is 5.02 Å². The van der Waals surface area contributed by atoms with Gasteiger partial charge in [0.2, 0.25) is 5.88 Å². The Hall–Kier alpha value is -2.85. The van der Waals surface area contributed by atoms with E-state index in [1.54, 1.807) is 0 Å². The molecule has 1 N–H and O–H groups in total. The average molecular weight is 391 g/mol. The first kappa shape index (κ1) is 17.3. The van der Waals surface area contributed by atoms with Crippen LogP contribution in [0.3, 0.4) is 0 Å². The fourth-order valence-corrected chi connectivity index (χ4v) is 4.55. The largest absolute Gasteiger partial charge is 0.338 e. The van der Waals surface area contributed by atoms with Crippen molar-refractivity contribution in [3.8, 4) is 0 Å². The number of allylic oxidation sites excluding steroid dienone is 2. The van der Waals surface area contributed by atoms with Gasteiger partial charge < -0.3 is 9.84 Å². The Labute approximate surface area is 168 Å². The first-order valence-corrected chi connectivity index (χ1v) is 9.79. The van der Waals surface area contributed by atoms with Crippen molar-refractivity contribution in [1.29, 1.82) is 0 Å². The molecule has 4 nitrogen and oxygen atoms in total. The second-order valence-electron chi connectivity index (χ2n) is 7.45. The van der Waals surface area contributed by atoms with Gasteiger partial charge in [-0.05, 0) is 42.5 Å². The van der Waals surface area contributed by atoms with Crippen LogP contribution in [0.15, 0.2) is 70.4 Å². The van der Waals surface area contributed by atoms with E-state index in [-0.39, 0.29) is 17.6 Å². The number of aromatic nitrogens is 1. The molecule has 1 aliphatic carbocycles. The van der Waals surface area contributed by atoms with Crippen molar-refractivity contribution >= 4 is 23.3 Å². The third kappa shape index (κ3) is 2.76. The Bertz CT molecular complexity index is 1080. The Kier molecular flexibility index (Phi) is 4.09. The SMILES string of the molecule is Cc1noc2c1[C@H](c1ccccc1)C1=C(C[C@H](c3ccc(Cl)cc3)CC1=O)N2. The van der Waals surface area contributed by atoms with Gasteiger partial charge in [-0.15, -0.1) is 0 Å². The number of carbonyl (C=O) groups excluding carboxylic acids is 1. The van der Waals surface area contributed by atoms with Gasteiger partial charge in [0.05, 0.1) is 11.3 Å². The lowest BCUT2D eigenvalue weighted by molar-refractivity contribution is -0.116. The Morgan fingerprint density at radius 1 is 1.04 bits per heavy atom. The second-order valence-corrected chi connectivity index (χ2v) is 7.89. The number of hydrogen-bond acceptors (Lipinski definition) is 4. The van der Waals surface area contributed by atoms with Crippen molar-refractivity contribution < 1.29 is 9.32 Å². The van der Waals surface area contributed by atoms with Crippen LogP contribution in [0.5, 0.6) is 0 Å². The van der Waals surface area contributed by atoms with Crippen LogP contribution >= 0.6 is 11.6 Å². The summed E-state index contributed by atoms with van der Waals surface area (Å²) in [6.45, 7) is 1.93. The van der Waals surface area contributed by atoms with Gasteiger partial charge in [-0.1, -0.05) is 59.2 Å². The molecule has 0 unspecified atom stereocenters. The number of benzene rings is 2. The highest BCUT2D eigenvalue weighted by Gasteiger charge is 2.40. The first-order chi connectivity index (χ1) is 13.6. The molecule has 140 valence electrons. The number of fused-ring (bicyclic) bond motifs is 1. The monoisotopic (exact) mass is 390 g/mol. The average Bonchev–Trinajstić information content (AvgIpc) is 3.08. The summed E-state index contributed by atoms with van der Waals surface area (Å²) < 4.78 is 5.56. The summed E-state index contributed by atoms with van der Waals surface area (Å²) in [5.74, 6) is 0.804. The smallest absolute Gasteiger partial charge is 0.233 e. The number of halogens is 1. The van der Waals surface area contributed by atoms with Crippen LogP contribution in [-0.4, -0.2) is 10.9 Å². The molecule has 0 radical (unpaired) electrons. The molecule has 0 bridgehead atoms. The summed E-state index contributed by atoms with van der Waals surface area (Å²) in [5, 5.41) is 8.22. The Morgan fingerprint density at radius 3 is 2.54 bits per heavy atom. The number of nitrogens with zero attached hydrogens (tertiary/aromatic N) is 1. The molecule has 0 saturated carbocycles. The zero-order valence-corrected chi connectivity index (χ0v) is 16.2. The van der Waals surface area contributed by atoms with Crippen molar-refractivity contribution in [2.75, 3.05) is 5.32 Å². The molecule has 5 heteroatoms. The maximum absolute atomic E-state index is 13.3. The van der Waals surface area contributed by atoms with E-state index >= 15 is 0 Å². The van der Waals surface area contributed by atoms with Gasteiger partial charge >= 0.3 is 0 Å². The maximum Gasteiger partial charge on any atom is 0.233 e. The lowest BCUT2D eigenvalue weighted by Crippen LogP contribution is -2.29. The van der Waals surface area contributed by atoms with E-state index in [9.17, 15) is 4.79 Å². The molecule has 0 amide bonds. The van der Waals surface area contributed by atoms with E-state index in [2.05, 4.69) is 22.6 Å². The van der Waals surface area contributed by atoms with Crippen LogP contribution in [0.4, 0.5) is 5.88 Å². The minimum absolute atomic E-state index is 0.123. The topological polar surface area (TPSA) is 55.1 Å². The standard InChI is InChI=1S/C23H19ClN2O2/c1-13-20-21(15-5-3-2-4-6-15)22-18(25-23(20)28-26-13)11-16(12-19(22)27)14-7-9-17(24)10-8-14/h2-10,16,21,25H,11-12H2,1H3/t16-,21-/m0/s1. The number of ketones is 1. The molecule has 5 rings (SSSR count). The van der Waals surface area contributed by atoms with Gasteiger partial charge in [0.15, 0.2) is 5.78 Å². The molecule has 0 saturated heterocycles. The van der Waals surface area contributed by atoms with E-state index in [1.165, 1.54) is 0 Å². The molecule has 2 aromatic carbocycles. The first-order valence-electron chi connectivity index (χ1n) is 9.41. The van der Waals surface area contributed by atoms with Crippen molar-refractivity contribution in [2.24, 2.45) is 0 Å². The molecule has 1 aliphatic heterocycles. The minimum atomic E-state index is -0.141. The molecule has 2 atom stereocenters. The number of rotatable bonds is 2. The van der Waals surface area contributed by atoms with Gasteiger partial charge in [-0.3, -0.25) is 4.79 Å². The number of nitrogens with one attached hydrogen (secondary N) is 1. The number of carbonyl (C=O) groups is 1. The Balaban J connectivity index is 1.61. The predicted octanol–water partition coefficient (Wildman–Crippen LogP) is 5.59. The third-order valence-corrected chi connectivity index (χ3v) is 5.98. The van der Waals surface area contributed by atoms with Gasteiger partial charge in [0, 0.05) is 28.6 Å². The summed E-state index contributed by atoms with van der Waals surface area (Å²) in [6, 6.07) is 17.9. The summed E-state index contributed by atoms with van der Waals surface area (Å²) in [5.41, 5.74) is 5.77. The molecule has 0 fully saturated rings. The third-order valence-electron chi connectivity index (χ3n) is 5.73. The van der Waals surface area contributed by atoms with Gasteiger partial charge in [0.25, 0.3) is 0 Å². The molecule has 28 heavy (non-hydrogen) atoms. The van der Waals surface area contributed by atoms with E-state index in [0.717, 1.165) is 40.1 Å². The normalized spacial score (nSPS) is 21.1. The van der Waals surface area contributed by atoms with Crippen LogP contribution in [-0.2, 0) is 4.79 Å². The van der Waals surface area contributed by atoms with E-state index < -0.39 is 0 Å². The quantitative estimate of drug-likeness (QED) is 0.619. The maximum atomic E-state index is 13.3. The molecule has 3 aromatic rings. The van der Waals surface area contributed by atoms with Crippen LogP contribution < -0.4 is 5.32 Å². The highest BCUT2D eigenvalue weighted by molar-refractivity contribution is 6.30. The molecule has 0 spiro atoms. The fourth-order valence-electron chi connectivity index (χ4n) is 4.42. The molecule has 1 aromatic heterocycles. The molecular weight excluding hydrogens is 372 g/mol. The summed E-state index contributed by atoms with van der Waals surface area (Å²) >= 11 is 6.03. The number of anilines is 1. The van der Waals surface area contributed by atoms with Crippen LogP contribution in [0.1, 0.15) is 47.1 Å². The van der Waals surface area contributed by atoms with E-state index in [1.807, 2.05) is 49.4 Å². The van der Waals surface area contributed by atoms with Gasteiger partial charge in [-0.25, -0.2) is 0 Å². The number of hydrogen-bond donors (Lipinski definition) is 1. The zero-order valence-electron chi connectivity index (χ0n) is 15.4. The van der Waals surface area contributed by atoms with Crippen molar-refractivity contribution in [2.45, 2.75) is 31.6 Å². The second kappa shape index (κ2) is 6.64. The molecule has 2 aliphatic rings. The summed E-state index contributed by atoms with van der Waals surface area (Å²) in [6.07, 6.45) is 1.25. The van der Waals surface area contributed by atoms with E-state index in [4.69, 9.17) is 16.1 Å². The summed E-state index contributed by atoms with van der Waals surface area (Å²) in [4.78, 5) is 13.3. The van der Waals surface area contributed by atoms with E-state index in [0.29, 0.717) is 17.3 Å². The van der Waals surface area contributed by atoms with Crippen LogP contribution in [0.25, 0.3) is 0 Å². The number of Topliss-reactive ketones (excluding diaryl/α,β-unsaturated/α-hetero) is 1. The zero-order chi connectivity index (χ0) is 19.3.